The zero-order chi connectivity index (χ0) is 24.2. The number of primary amides is 1. The second-order valence-electron chi connectivity index (χ2n) is 8.80. The molecule has 0 spiro atoms. The van der Waals surface area contributed by atoms with E-state index < -0.39 is 29.6 Å². The van der Waals surface area contributed by atoms with Gasteiger partial charge in [0.1, 0.15) is 19.2 Å². The van der Waals surface area contributed by atoms with Gasteiger partial charge in [0.05, 0.1) is 13.6 Å². The van der Waals surface area contributed by atoms with Gasteiger partial charge in [-0.15, -0.1) is 0 Å². The van der Waals surface area contributed by atoms with Gasteiger partial charge in [0, 0.05) is 6.42 Å². The normalized spacial score (nSPS) is 21.4. The Kier molecular flexibility index (Phi) is 6.67. The summed E-state index contributed by atoms with van der Waals surface area (Å²) in [6.07, 6.45) is 3.41. The molecule has 0 saturated carbocycles. The van der Waals surface area contributed by atoms with Crippen LogP contribution in [0.3, 0.4) is 0 Å². The Bertz CT molecular complexity index is 1090. The third-order valence-corrected chi connectivity index (χ3v) is 6.42. The zero-order valence-electron chi connectivity index (χ0n) is 18.9. The van der Waals surface area contributed by atoms with E-state index in [1.165, 1.54) is 12.7 Å². The van der Waals surface area contributed by atoms with Crippen LogP contribution in [0.5, 0.6) is 0 Å². The number of amides is 1. The van der Waals surface area contributed by atoms with E-state index in [1.54, 1.807) is 48.5 Å². The van der Waals surface area contributed by atoms with E-state index in [-0.39, 0.29) is 10.3 Å². The number of carbonyl (C=O) groups is 2. The number of hydrogen-bond acceptors (Lipinski definition) is 7. The Hall–Kier alpha value is -3.69. The van der Waals surface area contributed by atoms with Crippen LogP contribution < -0.4 is 5.73 Å². The quantitative estimate of drug-likeness (QED) is 0.402. The Balaban J connectivity index is 1.61. The fourth-order valence-electron chi connectivity index (χ4n) is 4.76. The number of carbonyl (C=O) groups excluding carboxylic acids is 2. The molecule has 9 heteroatoms. The molecule has 0 bridgehead atoms. The summed E-state index contributed by atoms with van der Waals surface area (Å²) in [5, 5.41) is 11.7. The third-order valence-electron chi connectivity index (χ3n) is 6.42. The van der Waals surface area contributed by atoms with Gasteiger partial charge < -0.3 is 20.1 Å². The summed E-state index contributed by atoms with van der Waals surface area (Å²) in [7, 11) is 1.87. The van der Waals surface area contributed by atoms with Crippen LogP contribution in [0.25, 0.3) is 0 Å². The van der Waals surface area contributed by atoms with E-state index in [4.69, 9.17) is 10.5 Å². The standard InChI is InChI=1S/C25H27N5O4/c1-30(21(22(26)31)23-28-16-27-17-29-23)14-8-13-20(15-30)34-24(32)25(33,18-9-4-2-5-10-18)19-11-6-3-7-12-19/h2-7,9-12,16-17,20-21,33H,8,13-15H2,1H3,(H-,26,31)/p+1/t20-,21?,30?/m1/s1. The van der Waals surface area contributed by atoms with Gasteiger partial charge in [0.15, 0.2) is 11.9 Å². The van der Waals surface area contributed by atoms with Crippen LogP contribution in [0.1, 0.15) is 35.8 Å². The number of aliphatic hydroxyl groups is 1. The lowest BCUT2D eigenvalue weighted by molar-refractivity contribution is -0.937. The molecule has 3 aromatic rings. The third kappa shape index (κ3) is 4.52. The van der Waals surface area contributed by atoms with Gasteiger partial charge >= 0.3 is 5.97 Å². The van der Waals surface area contributed by atoms with E-state index in [2.05, 4.69) is 15.0 Å². The Morgan fingerprint density at radius 2 is 1.62 bits per heavy atom. The first kappa shape index (κ1) is 23.5. The van der Waals surface area contributed by atoms with Gasteiger partial charge in [-0.2, -0.15) is 0 Å². The molecule has 3 atom stereocenters. The SMILES string of the molecule is C[N+]1(C(C(N)=O)c2ncncn2)CCC[C@@H](OC(=O)C(O)(c2ccccc2)c2ccccc2)C1. The van der Waals surface area contributed by atoms with E-state index >= 15 is 0 Å². The van der Waals surface area contributed by atoms with Crippen molar-refractivity contribution in [3.05, 3.63) is 90.3 Å². The van der Waals surface area contributed by atoms with Crippen molar-refractivity contribution in [2.24, 2.45) is 5.73 Å². The molecular formula is C25H28N5O4+. The highest BCUT2D eigenvalue weighted by molar-refractivity contribution is 5.85. The molecular weight excluding hydrogens is 434 g/mol. The number of esters is 1. The molecule has 0 aliphatic carbocycles. The number of piperidine rings is 1. The minimum absolute atomic E-state index is 0.187. The van der Waals surface area contributed by atoms with Crippen LogP contribution in [-0.4, -0.2) is 62.7 Å². The summed E-state index contributed by atoms with van der Waals surface area (Å²) >= 11 is 0. The maximum atomic E-state index is 13.5. The summed E-state index contributed by atoms with van der Waals surface area (Å²) in [4.78, 5) is 38.0. The van der Waals surface area contributed by atoms with Crippen molar-refractivity contribution in [1.82, 2.24) is 15.0 Å². The molecule has 0 radical (unpaired) electrons. The molecule has 2 heterocycles. The highest BCUT2D eigenvalue weighted by Gasteiger charge is 2.48. The zero-order valence-corrected chi connectivity index (χ0v) is 18.9. The Labute approximate surface area is 197 Å². The Morgan fingerprint density at radius 1 is 1.06 bits per heavy atom. The number of benzene rings is 2. The molecule has 176 valence electrons. The first-order valence-corrected chi connectivity index (χ1v) is 11.1. The summed E-state index contributed by atoms with van der Waals surface area (Å²) in [5.74, 6) is -1.05. The van der Waals surface area contributed by atoms with E-state index in [9.17, 15) is 14.7 Å². The maximum Gasteiger partial charge on any atom is 0.348 e. The molecule has 1 saturated heterocycles. The molecule has 9 nitrogen and oxygen atoms in total. The molecule has 4 rings (SSSR count). The average Bonchev–Trinajstić information content (AvgIpc) is 2.85. The summed E-state index contributed by atoms with van der Waals surface area (Å²) < 4.78 is 6.10. The maximum absolute atomic E-state index is 13.5. The molecule has 2 aromatic carbocycles. The highest BCUT2D eigenvalue weighted by Crippen LogP contribution is 2.34. The molecule has 34 heavy (non-hydrogen) atoms. The number of likely N-dealkylation sites (tertiary alicyclic amines) is 1. The van der Waals surface area contributed by atoms with Gasteiger partial charge in [-0.25, -0.2) is 19.7 Å². The van der Waals surface area contributed by atoms with E-state index in [0.29, 0.717) is 37.1 Å². The first-order valence-electron chi connectivity index (χ1n) is 11.1. The fourth-order valence-corrected chi connectivity index (χ4v) is 4.76. The van der Waals surface area contributed by atoms with Crippen LogP contribution >= 0.6 is 0 Å². The van der Waals surface area contributed by atoms with Gasteiger partial charge in [-0.05, 0) is 17.5 Å². The van der Waals surface area contributed by atoms with Crippen molar-refractivity contribution in [2.75, 3.05) is 20.1 Å². The molecule has 1 fully saturated rings. The molecule has 1 amide bonds. The van der Waals surface area contributed by atoms with Crippen LogP contribution in [-0.2, 0) is 19.9 Å². The van der Waals surface area contributed by atoms with Crippen molar-refractivity contribution >= 4 is 11.9 Å². The summed E-state index contributed by atoms with van der Waals surface area (Å²) in [5.41, 5.74) is 4.61. The van der Waals surface area contributed by atoms with Crippen LogP contribution in [0.2, 0.25) is 0 Å². The second-order valence-corrected chi connectivity index (χ2v) is 8.80. The molecule has 1 aliphatic rings. The van der Waals surface area contributed by atoms with Crippen molar-refractivity contribution in [2.45, 2.75) is 30.6 Å². The molecule has 2 unspecified atom stereocenters. The second kappa shape index (κ2) is 9.66. The Morgan fingerprint density at radius 3 is 2.15 bits per heavy atom. The minimum atomic E-state index is -1.97. The number of hydrogen-bond donors (Lipinski definition) is 2. The molecule has 3 N–H and O–H groups in total. The van der Waals surface area contributed by atoms with Crippen molar-refractivity contribution in [1.29, 1.82) is 0 Å². The van der Waals surface area contributed by atoms with Crippen LogP contribution in [0, 0.1) is 0 Å². The predicted octanol–water partition coefficient (Wildman–Crippen LogP) is 1.49. The lowest BCUT2D eigenvalue weighted by atomic mass is 9.86. The van der Waals surface area contributed by atoms with E-state index in [1.807, 2.05) is 19.2 Å². The summed E-state index contributed by atoms with van der Waals surface area (Å²) in [6, 6.07) is 16.6. The fraction of sp³-hybridized carbons (Fsp3) is 0.320. The highest BCUT2D eigenvalue weighted by atomic mass is 16.6. The summed E-state index contributed by atoms with van der Waals surface area (Å²) in [6.45, 7) is 0.958. The van der Waals surface area contributed by atoms with Crippen LogP contribution in [0.15, 0.2) is 73.3 Å². The minimum Gasteiger partial charge on any atom is -0.454 e. The number of ether oxygens (including phenoxy) is 1. The largest absolute Gasteiger partial charge is 0.454 e. The van der Waals surface area contributed by atoms with E-state index in [0.717, 1.165) is 0 Å². The van der Waals surface area contributed by atoms with Crippen molar-refractivity contribution < 1.29 is 23.9 Å². The number of rotatable bonds is 7. The lowest BCUT2D eigenvalue weighted by Crippen LogP contribution is -2.59. The van der Waals surface area contributed by atoms with Crippen molar-refractivity contribution in [3.8, 4) is 0 Å². The molecule has 1 aliphatic heterocycles. The van der Waals surface area contributed by atoms with Gasteiger partial charge in [0.2, 0.25) is 11.6 Å². The number of quaternary nitrogens is 1. The van der Waals surface area contributed by atoms with Gasteiger partial charge in [-0.3, -0.25) is 4.79 Å². The van der Waals surface area contributed by atoms with Gasteiger partial charge in [-0.1, -0.05) is 60.7 Å². The number of nitrogens with zero attached hydrogens (tertiary/aromatic N) is 4. The number of aromatic nitrogens is 3. The molecule has 1 aromatic heterocycles. The first-order chi connectivity index (χ1) is 16.3. The number of nitrogens with two attached hydrogens (primary N) is 1. The van der Waals surface area contributed by atoms with Crippen molar-refractivity contribution in [3.63, 3.8) is 0 Å². The smallest absolute Gasteiger partial charge is 0.348 e. The average molecular weight is 463 g/mol. The monoisotopic (exact) mass is 462 g/mol. The predicted molar refractivity (Wildman–Crippen MR) is 123 cm³/mol. The van der Waals surface area contributed by atoms with Gasteiger partial charge in [0.25, 0.3) is 5.91 Å². The number of likely N-dealkylation sites (N-methyl/N-ethyl adjacent to an activating group) is 1. The van der Waals surface area contributed by atoms with Crippen LogP contribution in [0.4, 0.5) is 0 Å². The lowest BCUT2D eigenvalue weighted by Gasteiger charge is -2.44. The topological polar surface area (TPSA) is 128 Å².